The number of benzene rings is 2. The van der Waals surface area contributed by atoms with Crippen LogP contribution in [0.2, 0.25) is 0 Å². The summed E-state index contributed by atoms with van der Waals surface area (Å²) in [6, 6.07) is 8.43. The molecule has 2 aromatic heterocycles. The molecule has 34 heavy (non-hydrogen) atoms. The normalized spacial score (nSPS) is 13.3. The third kappa shape index (κ3) is 4.11. The summed E-state index contributed by atoms with van der Waals surface area (Å²) in [5.74, 6) is -1.22. The molecule has 2 heterocycles. The van der Waals surface area contributed by atoms with E-state index in [1.54, 1.807) is 25.4 Å². The lowest BCUT2D eigenvalue weighted by atomic mass is 10.0. The maximum atomic E-state index is 15.3. The van der Waals surface area contributed by atoms with Gasteiger partial charge in [0.05, 0.1) is 23.4 Å². The lowest BCUT2D eigenvalue weighted by Crippen LogP contribution is -2.27. The molecule has 0 unspecified atom stereocenters. The number of ether oxygens (including phenoxy) is 1. The molecule has 0 bridgehead atoms. The molecule has 2 aromatic carbocycles. The summed E-state index contributed by atoms with van der Waals surface area (Å²) in [7, 11) is 1.66. The average Bonchev–Trinajstić information content (AvgIpc) is 3.46. The van der Waals surface area contributed by atoms with Gasteiger partial charge in [0.15, 0.2) is 0 Å². The van der Waals surface area contributed by atoms with Crippen molar-refractivity contribution in [3.8, 4) is 16.9 Å². The van der Waals surface area contributed by atoms with Crippen molar-refractivity contribution in [2.45, 2.75) is 39.3 Å². The number of nitrogens with one attached hydrogen (secondary N) is 1. The van der Waals surface area contributed by atoms with Crippen molar-refractivity contribution in [3.05, 3.63) is 76.7 Å². The molecule has 1 amide bonds. The number of halogens is 2. The van der Waals surface area contributed by atoms with E-state index in [1.165, 1.54) is 29.2 Å². The number of nitrogens with zero attached hydrogens (tertiary/aromatic N) is 3. The number of aryl methyl sites for hydroxylation is 2. The maximum absolute atomic E-state index is 15.3. The second-order valence-electron chi connectivity index (χ2n) is 8.74. The fraction of sp³-hybridized carbons (Fsp3) is 0.269. The number of carbonyl (C=O) groups is 1. The Hall–Kier alpha value is -3.81. The number of amides is 1. The molecule has 0 spiro atoms. The van der Waals surface area contributed by atoms with Crippen LogP contribution < -0.4 is 4.74 Å². The Bertz CT molecular complexity index is 1410. The second-order valence-corrected chi connectivity index (χ2v) is 8.74. The lowest BCUT2D eigenvalue weighted by Gasteiger charge is -2.21. The van der Waals surface area contributed by atoms with Crippen LogP contribution in [-0.4, -0.2) is 39.1 Å². The van der Waals surface area contributed by atoms with E-state index in [9.17, 15) is 9.18 Å². The largest absolute Gasteiger partial charge is 0.490 e. The van der Waals surface area contributed by atoms with Crippen molar-refractivity contribution in [1.29, 1.82) is 0 Å². The van der Waals surface area contributed by atoms with Crippen LogP contribution in [0.15, 0.2) is 42.6 Å². The number of aromatic nitrogens is 3. The van der Waals surface area contributed by atoms with E-state index in [4.69, 9.17) is 4.74 Å². The summed E-state index contributed by atoms with van der Waals surface area (Å²) < 4.78 is 35.1. The molecule has 0 aliphatic heterocycles. The summed E-state index contributed by atoms with van der Waals surface area (Å²) >= 11 is 0. The molecule has 1 fully saturated rings. The zero-order valence-electron chi connectivity index (χ0n) is 19.2. The molecule has 0 atom stereocenters. The molecule has 4 aromatic rings. The molecule has 0 radical (unpaired) electrons. The van der Waals surface area contributed by atoms with Crippen molar-refractivity contribution < 1.29 is 18.3 Å². The van der Waals surface area contributed by atoms with Crippen molar-refractivity contribution >= 4 is 16.8 Å². The zero-order valence-corrected chi connectivity index (χ0v) is 19.2. The highest BCUT2D eigenvalue weighted by Crippen LogP contribution is 2.38. The van der Waals surface area contributed by atoms with Crippen molar-refractivity contribution in [2.24, 2.45) is 0 Å². The number of aromatic amines is 1. The van der Waals surface area contributed by atoms with Gasteiger partial charge in [-0.3, -0.25) is 14.9 Å². The Morgan fingerprint density at radius 2 is 1.97 bits per heavy atom. The smallest absolute Gasteiger partial charge is 0.254 e. The molecule has 1 aliphatic rings. The van der Waals surface area contributed by atoms with Gasteiger partial charge in [-0.05, 0) is 56.5 Å². The summed E-state index contributed by atoms with van der Waals surface area (Å²) in [6.45, 7) is 4.06. The first-order valence-electron chi connectivity index (χ1n) is 11.1. The molecule has 1 N–H and O–H groups in total. The third-order valence-corrected chi connectivity index (χ3v) is 6.08. The van der Waals surface area contributed by atoms with Crippen LogP contribution in [0, 0.1) is 25.5 Å². The quantitative estimate of drug-likeness (QED) is 0.420. The molecule has 1 saturated carbocycles. The number of H-pyrrole nitrogens is 1. The van der Waals surface area contributed by atoms with Gasteiger partial charge >= 0.3 is 0 Å². The van der Waals surface area contributed by atoms with E-state index < -0.39 is 11.6 Å². The van der Waals surface area contributed by atoms with Gasteiger partial charge in [-0.25, -0.2) is 8.78 Å². The molecule has 0 saturated heterocycles. The highest BCUT2D eigenvalue weighted by atomic mass is 19.1. The van der Waals surface area contributed by atoms with Gasteiger partial charge in [-0.1, -0.05) is 12.1 Å². The van der Waals surface area contributed by atoms with Crippen LogP contribution in [0.25, 0.3) is 22.0 Å². The van der Waals surface area contributed by atoms with Crippen LogP contribution in [0.4, 0.5) is 8.78 Å². The number of carbonyl (C=O) groups excluding carboxylic acids is 1. The average molecular weight is 463 g/mol. The predicted octanol–water partition coefficient (Wildman–Crippen LogP) is 5.33. The van der Waals surface area contributed by atoms with E-state index >= 15 is 4.39 Å². The first kappa shape index (κ1) is 22.0. The fourth-order valence-electron chi connectivity index (χ4n) is 4.16. The van der Waals surface area contributed by atoms with Gasteiger partial charge in [-0.15, -0.1) is 0 Å². The standard InChI is InChI=1S/C26H24F2N4O2/c1-14-20-12-29-31-25(20)21(15(2)30-14)13-32(3)26(33)17-10-22(28)24(16-5-4-6-18(27)9-16)23(11-17)34-19-7-8-19/h4-6,9-12,19H,7-8,13H2,1-3H3,(H,29,31). The lowest BCUT2D eigenvalue weighted by molar-refractivity contribution is 0.0784. The number of pyridine rings is 1. The van der Waals surface area contributed by atoms with E-state index in [2.05, 4.69) is 15.2 Å². The number of fused-ring (bicyclic) bond motifs is 1. The van der Waals surface area contributed by atoms with E-state index in [0.717, 1.165) is 40.7 Å². The Morgan fingerprint density at radius 3 is 2.71 bits per heavy atom. The highest BCUT2D eigenvalue weighted by Gasteiger charge is 2.28. The number of rotatable bonds is 6. The van der Waals surface area contributed by atoms with Gasteiger partial charge in [0.2, 0.25) is 0 Å². The van der Waals surface area contributed by atoms with Gasteiger partial charge in [0.1, 0.15) is 17.4 Å². The fourth-order valence-corrected chi connectivity index (χ4v) is 4.16. The van der Waals surface area contributed by atoms with Gasteiger partial charge < -0.3 is 9.64 Å². The monoisotopic (exact) mass is 462 g/mol. The summed E-state index contributed by atoms with van der Waals surface area (Å²) in [4.78, 5) is 19.4. The molecule has 174 valence electrons. The Balaban J connectivity index is 1.49. The second kappa shape index (κ2) is 8.52. The Kier molecular flexibility index (Phi) is 5.51. The van der Waals surface area contributed by atoms with Gasteiger partial charge in [0, 0.05) is 41.5 Å². The van der Waals surface area contributed by atoms with Crippen LogP contribution in [-0.2, 0) is 6.54 Å². The van der Waals surface area contributed by atoms with Crippen molar-refractivity contribution in [3.63, 3.8) is 0 Å². The van der Waals surface area contributed by atoms with Crippen LogP contribution >= 0.6 is 0 Å². The summed E-state index contributed by atoms with van der Waals surface area (Å²) in [5, 5.41) is 8.00. The van der Waals surface area contributed by atoms with Crippen molar-refractivity contribution in [1.82, 2.24) is 20.1 Å². The highest BCUT2D eigenvalue weighted by molar-refractivity contribution is 5.96. The van der Waals surface area contributed by atoms with Crippen molar-refractivity contribution in [2.75, 3.05) is 7.05 Å². The van der Waals surface area contributed by atoms with Crippen LogP contribution in [0.1, 0.15) is 40.2 Å². The summed E-state index contributed by atoms with van der Waals surface area (Å²) in [5.41, 5.74) is 4.01. The summed E-state index contributed by atoms with van der Waals surface area (Å²) in [6.07, 6.45) is 3.42. The first-order chi connectivity index (χ1) is 16.3. The number of hydrogen-bond acceptors (Lipinski definition) is 4. The number of hydrogen-bond donors (Lipinski definition) is 1. The van der Waals surface area contributed by atoms with Crippen LogP contribution in [0.3, 0.4) is 0 Å². The maximum Gasteiger partial charge on any atom is 0.254 e. The minimum absolute atomic E-state index is 0.0234. The van der Waals surface area contributed by atoms with E-state index in [0.29, 0.717) is 5.56 Å². The molecule has 8 heteroatoms. The first-order valence-corrected chi connectivity index (χ1v) is 11.1. The molecule has 5 rings (SSSR count). The minimum atomic E-state index is -0.635. The molecule has 1 aliphatic carbocycles. The SMILES string of the molecule is Cc1nc(C)c2cn[nH]c2c1CN(C)C(=O)c1cc(F)c(-c2cccc(F)c2)c(OC2CC2)c1. The molecular weight excluding hydrogens is 438 g/mol. The van der Waals surface area contributed by atoms with Crippen LogP contribution in [0.5, 0.6) is 5.75 Å². The van der Waals surface area contributed by atoms with E-state index in [1.807, 2.05) is 13.8 Å². The zero-order chi connectivity index (χ0) is 24.0. The third-order valence-electron chi connectivity index (χ3n) is 6.08. The topological polar surface area (TPSA) is 71.1 Å². The van der Waals surface area contributed by atoms with Gasteiger partial charge in [-0.2, -0.15) is 5.10 Å². The Labute approximate surface area is 195 Å². The molecular formula is C26H24F2N4O2. The predicted molar refractivity (Wildman–Crippen MR) is 125 cm³/mol. The van der Waals surface area contributed by atoms with E-state index in [-0.39, 0.29) is 35.4 Å². The van der Waals surface area contributed by atoms with Gasteiger partial charge in [0.25, 0.3) is 5.91 Å². The Morgan fingerprint density at radius 1 is 1.18 bits per heavy atom. The minimum Gasteiger partial charge on any atom is -0.490 e. The molecule has 6 nitrogen and oxygen atoms in total.